The molecule has 7 aromatic rings. The molecule has 2 aliphatic carbocycles. The van der Waals surface area contributed by atoms with Crippen molar-refractivity contribution in [3.8, 4) is 22.3 Å². The van der Waals surface area contributed by atoms with Gasteiger partial charge in [0.15, 0.2) is 6.29 Å². The van der Waals surface area contributed by atoms with Crippen LogP contribution >= 0.6 is 0 Å². The number of allylic oxidation sites excluding steroid dienone is 4. The van der Waals surface area contributed by atoms with Gasteiger partial charge in [-0.15, -0.1) is 0 Å². The van der Waals surface area contributed by atoms with E-state index in [0.717, 1.165) is 44.9 Å². The molecule has 0 spiro atoms. The zero-order valence-corrected chi connectivity index (χ0v) is 28.0. The highest BCUT2D eigenvalue weighted by atomic mass is 15.2. The van der Waals surface area contributed by atoms with Crippen LogP contribution in [0.2, 0.25) is 0 Å². The van der Waals surface area contributed by atoms with Crippen LogP contribution < -0.4 is 11.5 Å². The van der Waals surface area contributed by atoms with Gasteiger partial charge in [-0.05, 0) is 57.4 Å². The molecule has 50 heavy (non-hydrogen) atoms. The first kappa shape index (κ1) is 30.1. The molecule has 0 bridgehead atoms. The van der Waals surface area contributed by atoms with Gasteiger partial charge in [-0.2, -0.15) is 0 Å². The fourth-order valence-electron chi connectivity index (χ4n) is 8.43. The van der Waals surface area contributed by atoms with Crippen LogP contribution in [0.15, 0.2) is 174 Å². The van der Waals surface area contributed by atoms with Gasteiger partial charge in [-0.25, -0.2) is 4.99 Å². The molecule has 242 valence electrons. The molecule has 6 aromatic carbocycles. The first-order valence-corrected chi connectivity index (χ1v) is 17.4. The molecule has 3 atom stereocenters. The summed E-state index contributed by atoms with van der Waals surface area (Å²) >= 11 is 0. The molecular formula is C46H38N4. The van der Waals surface area contributed by atoms with Gasteiger partial charge in [-0.1, -0.05) is 165 Å². The smallest absolute Gasteiger partial charge is 0.180 e. The molecule has 0 saturated heterocycles. The maximum atomic E-state index is 7.29. The van der Waals surface area contributed by atoms with Gasteiger partial charge in [0.1, 0.15) is 5.84 Å². The van der Waals surface area contributed by atoms with Gasteiger partial charge in [0.2, 0.25) is 0 Å². The van der Waals surface area contributed by atoms with E-state index in [1.54, 1.807) is 0 Å². The van der Waals surface area contributed by atoms with E-state index in [2.05, 4.69) is 145 Å². The molecule has 0 amide bonds. The van der Waals surface area contributed by atoms with Crippen LogP contribution in [0.4, 0.5) is 0 Å². The number of rotatable bonds is 6. The van der Waals surface area contributed by atoms with Crippen molar-refractivity contribution in [2.75, 3.05) is 0 Å². The van der Waals surface area contributed by atoms with Crippen molar-refractivity contribution >= 4 is 27.6 Å². The highest BCUT2D eigenvalue weighted by molar-refractivity contribution is 6.14. The lowest BCUT2D eigenvalue weighted by Crippen LogP contribution is -2.31. The van der Waals surface area contributed by atoms with Crippen LogP contribution in [-0.4, -0.2) is 10.4 Å². The number of amidine groups is 1. The molecule has 4 heteroatoms. The summed E-state index contributed by atoms with van der Waals surface area (Å²) in [6.07, 6.45) is 7.39. The molecule has 4 N–H and O–H groups in total. The van der Waals surface area contributed by atoms with Crippen LogP contribution in [0.25, 0.3) is 44.1 Å². The number of nitrogens with zero attached hydrogens (tertiary/aromatic N) is 2. The standard InChI is InChI=1S/C46H38N4/c1-30-14-13-21-35(28-30)46(34-19-9-4-10-20-34)40-23-12-11-22-36(40)38-26-27-39-37-25-24-33(31-15-5-2-6-16-31)29-41(37)50(43(39)42(38)46)45(48)49-44(47)32-17-7-3-8-18-32/h2-13,15-30,45H,14,48H2,1H3,(H2,47,49). The number of aromatic nitrogens is 1. The summed E-state index contributed by atoms with van der Waals surface area (Å²) in [6, 6.07) is 51.6. The first-order chi connectivity index (χ1) is 24.6. The van der Waals surface area contributed by atoms with Gasteiger partial charge >= 0.3 is 0 Å². The van der Waals surface area contributed by atoms with Gasteiger partial charge in [0, 0.05) is 21.9 Å². The second kappa shape index (κ2) is 11.9. The molecule has 1 aromatic heterocycles. The molecule has 0 aliphatic heterocycles. The number of benzene rings is 6. The van der Waals surface area contributed by atoms with E-state index in [-0.39, 0.29) is 0 Å². The van der Waals surface area contributed by atoms with Crippen molar-refractivity contribution < 1.29 is 0 Å². The summed E-state index contributed by atoms with van der Waals surface area (Å²) in [5.74, 6) is 0.812. The zero-order chi connectivity index (χ0) is 33.8. The van der Waals surface area contributed by atoms with E-state index < -0.39 is 11.7 Å². The summed E-state index contributed by atoms with van der Waals surface area (Å²) in [5, 5.41) is 2.27. The normalized spacial score (nSPS) is 19.0. The third kappa shape index (κ3) is 4.53. The third-order valence-electron chi connectivity index (χ3n) is 10.6. The van der Waals surface area contributed by atoms with Crippen molar-refractivity contribution in [3.63, 3.8) is 0 Å². The Morgan fingerprint density at radius 1 is 0.740 bits per heavy atom. The molecule has 0 radical (unpaired) electrons. The average Bonchev–Trinajstić information content (AvgIpc) is 3.66. The quantitative estimate of drug-likeness (QED) is 0.139. The Balaban J connectivity index is 1.44. The average molecular weight is 647 g/mol. The molecule has 0 saturated carbocycles. The van der Waals surface area contributed by atoms with Gasteiger partial charge in [0.25, 0.3) is 0 Å². The van der Waals surface area contributed by atoms with Crippen LogP contribution in [0.3, 0.4) is 0 Å². The van der Waals surface area contributed by atoms with Crippen molar-refractivity contribution in [1.29, 1.82) is 0 Å². The predicted octanol–water partition coefficient (Wildman–Crippen LogP) is 10.1. The molecular weight excluding hydrogens is 609 g/mol. The molecule has 3 unspecified atom stereocenters. The summed E-state index contributed by atoms with van der Waals surface area (Å²) in [4.78, 5) is 5.02. The third-order valence-corrected chi connectivity index (χ3v) is 10.6. The number of nitrogens with two attached hydrogens (primary N) is 2. The van der Waals surface area contributed by atoms with Crippen molar-refractivity contribution in [1.82, 2.24) is 4.57 Å². The van der Waals surface area contributed by atoms with E-state index >= 15 is 0 Å². The highest BCUT2D eigenvalue weighted by Gasteiger charge is 2.49. The fourth-order valence-corrected chi connectivity index (χ4v) is 8.43. The molecule has 4 nitrogen and oxygen atoms in total. The number of aliphatic imine (C=N–C) groups is 1. The lowest BCUT2D eigenvalue weighted by Gasteiger charge is -2.37. The summed E-state index contributed by atoms with van der Waals surface area (Å²) < 4.78 is 2.24. The number of hydrogen-bond acceptors (Lipinski definition) is 2. The second-order valence-corrected chi connectivity index (χ2v) is 13.5. The maximum absolute atomic E-state index is 7.29. The van der Waals surface area contributed by atoms with Crippen LogP contribution in [0, 0.1) is 5.92 Å². The Labute approximate surface area is 292 Å². The van der Waals surface area contributed by atoms with Crippen molar-refractivity contribution in [3.05, 3.63) is 192 Å². The SMILES string of the molecule is CC1C=C(C2(c3ccccc3)c3ccccc3-c3ccc4c5ccc(-c6ccccc6)cc5n(C(N)N=C(N)c5ccccc5)c4c32)C=CC1. The fraction of sp³-hybridized carbons (Fsp3) is 0.109. The number of fused-ring (bicyclic) bond motifs is 7. The van der Waals surface area contributed by atoms with E-state index in [0.29, 0.717) is 11.8 Å². The Morgan fingerprint density at radius 2 is 1.42 bits per heavy atom. The minimum atomic E-state index is -0.792. The molecule has 2 aliphatic rings. The van der Waals surface area contributed by atoms with E-state index in [1.807, 2.05) is 30.3 Å². The van der Waals surface area contributed by atoms with E-state index in [9.17, 15) is 0 Å². The molecule has 1 heterocycles. The maximum Gasteiger partial charge on any atom is 0.180 e. The van der Waals surface area contributed by atoms with Crippen LogP contribution in [0.1, 0.15) is 41.9 Å². The largest absolute Gasteiger partial charge is 0.383 e. The molecule has 0 fully saturated rings. The zero-order valence-electron chi connectivity index (χ0n) is 28.0. The number of hydrogen-bond donors (Lipinski definition) is 2. The van der Waals surface area contributed by atoms with Crippen LogP contribution in [-0.2, 0) is 5.41 Å². The van der Waals surface area contributed by atoms with Crippen molar-refractivity contribution in [2.45, 2.75) is 25.0 Å². The highest BCUT2D eigenvalue weighted by Crippen LogP contribution is 2.60. The Bertz CT molecular complexity index is 2490. The summed E-state index contributed by atoms with van der Waals surface area (Å²) in [7, 11) is 0. The first-order valence-electron chi connectivity index (χ1n) is 17.4. The summed E-state index contributed by atoms with van der Waals surface area (Å²) in [6.45, 7) is 2.31. The summed E-state index contributed by atoms with van der Waals surface area (Å²) in [5.41, 5.74) is 26.1. The lowest BCUT2D eigenvalue weighted by atomic mass is 9.65. The van der Waals surface area contributed by atoms with E-state index in [1.165, 1.54) is 33.4 Å². The molecule has 9 rings (SSSR count). The lowest BCUT2D eigenvalue weighted by molar-refractivity contribution is 0.578. The predicted molar refractivity (Wildman–Crippen MR) is 208 cm³/mol. The van der Waals surface area contributed by atoms with Crippen molar-refractivity contribution in [2.24, 2.45) is 22.4 Å². The Morgan fingerprint density at radius 3 is 2.18 bits per heavy atom. The Kier molecular flexibility index (Phi) is 7.15. The second-order valence-electron chi connectivity index (χ2n) is 13.5. The van der Waals surface area contributed by atoms with Gasteiger partial charge in [0.05, 0.1) is 16.4 Å². The topological polar surface area (TPSA) is 69.3 Å². The minimum Gasteiger partial charge on any atom is -0.383 e. The van der Waals surface area contributed by atoms with Gasteiger partial charge in [-0.3, -0.25) is 5.73 Å². The monoisotopic (exact) mass is 646 g/mol. The Hall–Kier alpha value is -5.97. The van der Waals surface area contributed by atoms with Crippen LogP contribution in [0.5, 0.6) is 0 Å². The van der Waals surface area contributed by atoms with Gasteiger partial charge < -0.3 is 10.3 Å². The minimum absolute atomic E-state index is 0.405. The van der Waals surface area contributed by atoms with E-state index in [4.69, 9.17) is 16.5 Å².